The standard InChI is InChI=1S/C36H40O3/c1-4-38-34(37)13-10-27-14-24(2)35(25(3)15-27)31-11-12-33(39-23-26-8-6-5-7-9-26)32(19-31)36-20-28-16-29(21-36)18-30(17-28)22-36/h5-15,19,28-30H,4,16-18,20-23H2,1-3H3/b13-10+. The third-order valence-electron chi connectivity index (χ3n) is 9.37. The molecule has 4 aliphatic rings. The van der Waals surface area contributed by atoms with Gasteiger partial charge in [-0.25, -0.2) is 4.79 Å². The Bertz CT molecular complexity index is 1330. The van der Waals surface area contributed by atoms with Crippen LogP contribution in [0.2, 0.25) is 0 Å². The largest absolute Gasteiger partial charge is 0.489 e. The molecular formula is C36H40O3. The Labute approximate surface area is 233 Å². The van der Waals surface area contributed by atoms with Gasteiger partial charge in [-0.2, -0.15) is 0 Å². The summed E-state index contributed by atoms with van der Waals surface area (Å²) in [6, 6.07) is 21.8. The number of carbonyl (C=O) groups is 1. The molecule has 3 aromatic carbocycles. The van der Waals surface area contributed by atoms with Crippen molar-refractivity contribution in [3.8, 4) is 16.9 Å². The lowest BCUT2D eigenvalue weighted by atomic mass is 9.48. The quantitative estimate of drug-likeness (QED) is 0.220. The molecule has 202 valence electrons. The van der Waals surface area contributed by atoms with Crippen molar-refractivity contribution in [2.75, 3.05) is 6.61 Å². The molecular weight excluding hydrogens is 480 g/mol. The van der Waals surface area contributed by atoms with Crippen LogP contribution in [0, 0.1) is 31.6 Å². The molecule has 0 aromatic heterocycles. The van der Waals surface area contributed by atoms with Gasteiger partial charge in [0.05, 0.1) is 6.61 Å². The van der Waals surface area contributed by atoms with Crippen LogP contribution in [0.3, 0.4) is 0 Å². The number of hydrogen-bond donors (Lipinski definition) is 0. The maximum absolute atomic E-state index is 11.8. The van der Waals surface area contributed by atoms with Gasteiger partial charge in [0.15, 0.2) is 0 Å². The number of aryl methyl sites for hydroxylation is 2. The van der Waals surface area contributed by atoms with Crippen LogP contribution in [0.4, 0.5) is 0 Å². The van der Waals surface area contributed by atoms with Gasteiger partial charge in [-0.1, -0.05) is 48.5 Å². The first-order chi connectivity index (χ1) is 18.9. The van der Waals surface area contributed by atoms with E-state index in [2.05, 4.69) is 74.5 Å². The lowest BCUT2D eigenvalue weighted by Gasteiger charge is -2.57. The van der Waals surface area contributed by atoms with Crippen molar-refractivity contribution < 1.29 is 14.3 Å². The van der Waals surface area contributed by atoms with Crippen LogP contribution in [-0.4, -0.2) is 12.6 Å². The predicted octanol–water partition coefficient (Wildman–Crippen LogP) is 8.59. The summed E-state index contributed by atoms with van der Waals surface area (Å²) >= 11 is 0. The van der Waals surface area contributed by atoms with Crippen molar-refractivity contribution in [1.82, 2.24) is 0 Å². The van der Waals surface area contributed by atoms with Crippen molar-refractivity contribution in [1.29, 1.82) is 0 Å². The van der Waals surface area contributed by atoms with Crippen LogP contribution in [0.25, 0.3) is 17.2 Å². The van der Waals surface area contributed by atoms with Gasteiger partial charge in [-0.15, -0.1) is 0 Å². The van der Waals surface area contributed by atoms with Gasteiger partial charge in [0.25, 0.3) is 0 Å². The summed E-state index contributed by atoms with van der Waals surface area (Å²) in [6.45, 7) is 7.16. The molecule has 4 saturated carbocycles. The Hall–Kier alpha value is -3.33. The SMILES string of the molecule is CCOC(=O)/C=C/c1cc(C)c(-c2ccc(OCc3ccccc3)c(C34CC5CC(CC(C5)C3)C4)c2)c(C)c1. The van der Waals surface area contributed by atoms with Gasteiger partial charge >= 0.3 is 5.97 Å². The highest BCUT2D eigenvalue weighted by atomic mass is 16.5. The van der Waals surface area contributed by atoms with E-state index in [1.54, 1.807) is 0 Å². The van der Waals surface area contributed by atoms with E-state index in [0.717, 1.165) is 29.1 Å². The van der Waals surface area contributed by atoms with Gasteiger partial charge < -0.3 is 9.47 Å². The summed E-state index contributed by atoms with van der Waals surface area (Å²) in [6.07, 6.45) is 11.6. The summed E-state index contributed by atoms with van der Waals surface area (Å²) in [5.74, 6) is 3.37. The Balaban J connectivity index is 1.37. The Morgan fingerprint density at radius 2 is 1.54 bits per heavy atom. The van der Waals surface area contributed by atoms with E-state index >= 15 is 0 Å². The molecule has 3 aromatic rings. The fourth-order valence-corrected chi connectivity index (χ4v) is 8.30. The van der Waals surface area contributed by atoms with E-state index in [4.69, 9.17) is 9.47 Å². The van der Waals surface area contributed by atoms with Crippen LogP contribution in [0.5, 0.6) is 5.75 Å². The summed E-state index contributed by atoms with van der Waals surface area (Å²) in [7, 11) is 0. The molecule has 7 rings (SSSR count). The molecule has 0 unspecified atom stereocenters. The average Bonchev–Trinajstić information content (AvgIpc) is 2.91. The van der Waals surface area contributed by atoms with Crippen LogP contribution < -0.4 is 4.74 Å². The number of hydrogen-bond acceptors (Lipinski definition) is 3. The van der Waals surface area contributed by atoms with E-state index in [-0.39, 0.29) is 11.4 Å². The van der Waals surface area contributed by atoms with Crippen LogP contribution in [-0.2, 0) is 21.6 Å². The monoisotopic (exact) mass is 520 g/mol. The molecule has 39 heavy (non-hydrogen) atoms. The zero-order valence-corrected chi connectivity index (χ0v) is 23.5. The summed E-state index contributed by atoms with van der Waals surface area (Å²) in [4.78, 5) is 11.8. The number of rotatable bonds is 8. The summed E-state index contributed by atoms with van der Waals surface area (Å²) in [5.41, 5.74) is 8.87. The highest BCUT2D eigenvalue weighted by Crippen LogP contribution is 2.62. The normalized spacial score (nSPS) is 25.3. The molecule has 0 heterocycles. The van der Waals surface area contributed by atoms with E-state index in [0.29, 0.717) is 13.2 Å². The molecule has 0 saturated heterocycles. The molecule has 0 atom stereocenters. The van der Waals surface area contributed by atoms with Crippen molar-refractivity contribution in [2.24, 2.45) is 17.8 Å². The van der Waals surface area contributed by atoms with Crippen LogP contribution >= 0.6 is 0 Å². The lowest BCUT2D eigenvalue weighted by molar-refractivity contribution is -0.137. The van der Waals surface area contributed by atoms with E-state index in [9.17, 15) is 4.79 Å². The van der Waals surface area contributed by atoms with Crippen LogP contribution in [0.15, 0.2) is 66.7 Å². The maximum atomic E-state index is 11.8. The van der Waals surface area contributed by atoms with Gasteiger partial charge in [0, 0.05) is 11.6 Å². The van der Waals surface area contributed by atoms with Crippen molar-refractivity contribution >= 4 is 12.0 Å². The Morgan fingerprint density at radius 3 is 2.15 bits per heavy atom. The lowest BCUT2D eigenvalue weighted by Crippen LogP contribution is -2.48. The molecule has 0 N–H and O–H groups in total. The highest BCUT2D eigenvalue weighted by Gasteiger charge is 2.52. The fraction of sp³-hybridized carbons (Fsp3) is 0.417. The van der Waals surface area contributed by atoms with Crippen molar-refractivity contribution in [3.63, 3.8) is 0 Å². The topological polar surface area (TPSA) is 35.5 Å². The predicted molar refractivity (Wildman–Crippen MR) is 158 cm³/mol. The minimum atomic E-state index is -0.303. The second-order valence-electron chi connectivity index (χ2n) is 12.3. The van der Waals surface area contributed by atoms with Gasteiger partial charge in [-0.05, 0) is 134 Å². The smallest absolute Gasteiger partial charge is 0.330 e. The summed E-state index contributed by atoms with van der Waals surface area (Å²) in [5, 5.41) is 0. The minimum absolute atomic E-state index is 0.237. The van der Waals surface area contributed by atoms with Crippen molar-refractivity contribution in [2.45, 2.75) is 71.3 Å². The molecule has 3 nitrogen and oxygen atoms in total. The van der Waals surface area contributed by atoms with Gasteiger partial charge in [0.1, 0.15) is 12.4 Å². The first-order valence-corrected chi connectivity index (χ1v) is 14.7. The maximum Gasteiger partial charge on any atom is 0.330 e. The van der Waals surface area contributed by atoms with E-state index in [1.807, 2.05) is 13.0 Å². The van der Waals surface area contributed by atoms with Gasteiger partial charge in [-0.3, -0.25) is 0 Å². The van der Waals surface area contributed by atoms with Gasteiger partial charge in [0.2, 0.25) is 0 Å². The minimum Gasteiger partial charge on any atom is -0.489 e. The van der Waals surface area contributed by atoms with Crippen molar-refractivity contribution in [3.05, 3.63) is 94.6 Å². The average molecular weight is 521 g/mol. The third kappa shape index (κ3) is 5.29. The first-order valence-electron chi connectivity index (χ1n) is 14.7. The zero-order chi connectivity index (χ0) is 27.0. The number of benzene rings is 3. The van der Waals surface area contributed by atoms with E-state index < -0.39 is 0 Å². The summed E-state index contributed by atoms with van der Waals surface area (Å²) < 4.78 is 11.7. The Kier molecular flexibility index (Phi) is 7.10. The zero-order valence-electron chi connectivity index (χ0n) is 23.5. The van der Waals surface area contributed by atoms with E-state index in [1.165, 1.54) is 78.0 Å². The molecule has 3 heteroatoms. The second-order valence-corrected chi connectivity index (χ2v) is 12.3. The molecule has 0 radical (unpaired) electrons. The molecule has 4 fully saturated rings. The fourth-order valence-electron chi connectivity index (χ4n) is 8.30. The molecule has 0 spiro atoms. The highest BCUT2D eigenvalue weighted by molar-refractivity contribution is 5.87. The Morgan fingerprint density at radius 1 is 0.897 bits per heavy atom. The molecule has 0 aliphatic heterocycles. The number of esters is 1. The number of ether oxygens (including phenoxy) is 2. The third-order valence-corrected chi connectivity index (χ3v) is 9.37. The molecule has 0 amide bonds. The van der Waals surface area contributed by atoms with Crippen LogP contribution in [0.1, 0.15) is 73.3 Å². The second kappa shape index (κ2) is 10.7. The number of carbonyl (C=O) groups excluding carboxylic acids is 1. The molecule has 4 bridgehead atoms. The first kappa shape index (κ1) is 25.9. The molecule has 4 aliphatic carbocycles.